The van der Waals surface area contributed by atoms with E-state index < -0.39 is 6.09 Å². The van der Waals surface area contributed by atoms with Gasteiger partial charge in [-0.1, -0.05) is 0 Å². The van der Waals surface area contributed by atoms with Gasteiger partial charge in [0.25, 0.3) is 0 Å². The molecule has 0 aliphatic heterocycles. The lowest BCUT2D eigenvalue weighted by atomic mass is 10.3. The highest BCUT2D eigenvalue weighted by Gasteiger charge is 2.01. The molecule has 0 aliphatic carbocycles. The van der Waals surface area contributed by atoms with Crippen molar-refractivity contribution < 1.29 is 14.3 Å². The van der Waals surface area contributed by atoms with Crippen molar-refractivity contribution in [2.24, 2.45) is 0 Å². The first-order chi connectivity index (χ1) is 7.26. The molecule has 1 aromatic carbocycles. The van der Waals surface area contributed by atoms with Gasteiger partial charge >= 0.3 is 6.09 Å². The largest absolute Gasteiger partial charge is 0.497 e. The maximum absolute atomic E-state index is 11.1. The molecule has 0 aromatic heterocycles. The SMILES string of the molecule is COc1ccc(NC(=O)OCCS)cc1. The number of carbonyl (C=O) groups is 1. The Balaban J connectivity index is 2.46. The van der Waals surface area contributed by atoms with Gasteiger partial charge in [0.2, 0.25) is 0 Å². The third kappa shape index (κ3) is 4.12. The molecule has 0 heterocycles. The smallest absolute Gasteiger partial charge is 0.411 e. The molecule has 0 fully saturated rings. The average Bonchev–Trinajstić information content (AvgIpc) is 2.27. The summed E-state index contributed by atoms with van der Waals surface area (Å²) in [5.74, 6) is 1.25. The van der Waals surface area contributed by atoms with Crippen LogP contribution in [0.4, 0.5) is 10.5 Å². The second-order valence-electron chi connectivity index (χ2n) is 2.71. The average molecular weight is 227 g/mol. The first-order valence-corrected chi connectivity index (χ1v) is 5.08. The van der Waals surface area contributed by atoms with Gasteiger partial charge in [-0.25, -0.2) is 4.79 Å². The lowest BCUT2D eigenvalue weighted by Crippen LogP contribution is -2.14. The summed E-state index contributed by atoms with van der Waals surface area (Å²) in [5, 5.41) is 2.58. The number of nitrogens with one attached hydrogen (secondary N) is 1. The molecule has 82 valence electrons. The van der Waals surface area contributed by atoms with Crippen molar-refractivity contribution in [3.63, 3.8) is 0 Å². The zero-order chi connectivity index (χ0) is 11.1. The minimum Gasteiger partial charge on any atom is -0.497 e. The van der Waals surface area contributed by atoms with E-state index in [1.54, 1.807) is 31.4 Å². The quantitative estimate of drug-likeness (QED) is 0.775. The predicted octanol–water partition coefficient (Wildman–Crippen LogP) is 2.17. The van der Waals surface area contributed by atoms with E-state index in [1.165, 1.54) is 0 Å². The standard InChI is InChI=1S/C10H13NO3S/c1-13-9-4-2-8(3-5-9)11-10(12)14-6-7-15/h2-5,15H,6-7H2,1H3,(H,11,12). The van der Waals surface area contributed by atoms with Crippen LogP contribution in [0.5, 0.6) is 5.75 Å². The van der Waals surface area contributed by atoms with E-state index in [4.69, 9.17) is 9.47 Å². The Morgan fingerprint density at radius 3 is 2.60 bits per heavy atom. The molecule has 0 aliphatic rings. The molecule has 0 atom stereocenters. The Bertz CT molecular complexity index is 313. The van der Waals surface area contributed by atoms with E-state index in [9.17, 15) is 4.79 Å². The van der Waals surface area contributed by atoms with E-state index in [-0.39, 0.29) is 0 Å². The Morgan fingerprint density at radius 1 is 1.40 bits per heavy atom. The molecular weight excluding hydrogens is 214 g/mol. The van der Waals surface area contributed by atoms with Crippen LogP contribution in [-0.4, -0.2) is 25.6 Å². The van der Waals surface area contributed by atoms with Gasteiger partial charge in [0.1, 0.15) is 12.4 Å². The molecule has 0 spiro atoms. The van der Waals surface area contributed by atoms with Crippen molar-refractivity contribution in [2.45, 2.75) is 0 Å². The highest BCUT2D eigenvalue weighted by molar-refractivity contribution is 7.80. The maximum atomic E-state index is 11.1. The highest BCUT2D eigenvalue weighted by atomic mass is 32.1. The summed E-state index contributed by atoms with van der Waals surface area (Å²) in [5.41, 5.74) is 0.667. The zero-order valence-electron chi connectivity index (χ0n) is 8.40. The Kier molecular flexibility index (Phi) is 4.83. The van der Waals surface area contributed by atoms with Crippen LogP contribution < -0.4 is 10.1 Å². The molecule has 0 unspecified atom stereocenters. The molecule has 1 rings (SSSR count). The molecule has 1 N–H and O–H groups in total. The number of carbonyl (C=O) groups excluding carboxylic acids is 1. The van der Waals surface area contributed by atoms with Gasteiger partial charge in [-0.2, -0.15) is 12.6 Å². The second kappa shape index (κ2) is 6.19. The summed E-state index contributed by atoms with van der Waals surface area (Å²) in [4.78, 5) is 11.1. The van der Waals surface area contributed by atoms with E-state index in [0.29, 0.717) is 18.0 Å². The number of thiol groups is 1. The van der Waals surface area contributed by atoms with Crippen molar-refractivity contribution in [3.05, 3.63) is 24.3 Å². The molecule has 0 saturated carbocycles. The Morgan fingerprint density at radius 2 is 2.07 bits per heavy atom. The fraction of sp³-hybridized carbons (Fsp3) is 0.300. The van der Waals surface area contributed by atoms with E-state index in [1.807, 2.05) is 0 Å². The van der Waals surface area contributed by atoms with Gasteiger partial charge in [-0.05, 0) is 24.3 Å². The van der Waals surface area contributed by atoms with Crippen molar-refractivity contribution in [3.8, 4) is 5.75 Å². The topological polar surface area (TPSA) is 47.6 Å². The normalized spacial score (nSPS) is 9.47. The fourth-order valence-electron chi connectivity index (χ4n) is 0.967. The zero-order valence-corrected chi connectivity index (χ0v) is 9.29. The van der Waals surface area contributed by atoms with Crippen LogP contribution in [0, 0.1) is 0 Å². The fourth-order valence-corrected chi connectivity index (χ4v) is 1.06. The summed E-state index contributed by atoms with van der Waals surface area (Å²) in [6, 6.07) is 6.99. The Labute approximate surface area is 94.0 Å². The van der Waals surface area contributed by atoms with Crippen LogP contribution in [0.25, 0.3) is 0 Å². The molecular formula is C10H13NO3S. The number of hydrogen-bond acceptors (Lipinski definition) is 4. The van der Waals surface area contributed by atoms with Gasteiger partial charge in [0.05, 0.1) is 7.11 Å². The highest BCUT2D eigenvalue weighted by Crippen LogP contribution is 2.14. The summed E-state index contributed by atoms with van der Waals surface area (Å²) in [6.07, 6.45) is -0.478. The third-order valence-electron chi connectivity index (χ3n) is 1.66. The first kappa shape index (κ1) is 11.7. The third-order valence-corrected chi connectivity index (χ3v) is 1.84. The number of methoxy groups -OCH3 is 1. The predicted molar refractivity (Wildman–Crippen MR) is 61.8 cm³/mol. The summed E-state index contributed by atoms with van der Waals surface area (Å²) >= 11 is 3.93. The van der Waals surface area contributed by atoms with Crippen LogP contribution in [0.1, 0.15) is 0 Å². The van der Waals surface area contributed by atoms with Gasteiger partial charge in [0, 0.05) is 11.4 Å². The summed E-state index contributed by atoms with van der Waals surface area (Å²) in [7, 11) is 1.59. The minimum atomic E-state index is -0.478. The van der Waals surface area contributed by atoms with Crippen LogP contribution in [-0.2, 0) is 4.74 Å². The lowest BCUT2D eigenvalue weighted by Gasteiger charge is -2.06. The van der Waals surface area contributed by atoms with E-state index in [0.717, 1.165) is 5.75 Å². The molecule has 0 bridgehead atoms. The van der Waals surface area contributed by atoms with Gasteiger partial charge in [0.15, 0.2) is 0 Å². The number of amides is 1. The molecule has 0 saturated heterocycles. The molecule has 4 nitrogen and oxygen atoms in total. The van der Waals surface area contributed by atoms with Crippen molar-refractivity contribution >= 4 is 24.4 Å². The summed E-state index contributed by atoms with van der Waals surface area (Å²) < 4.78 is 9.78. The minimum absolute atomic E-state index is 0.297. The number of benzene rings is 1. The van der Waals surface area contributed by atoms with Gasteiger partial charge < -0.3 is 9.47 Å². The molecule has 1 amide bonds. The Hall–Kier alpha value is -1.36. The van der Waals surface area contributed by atoms with Crippen molar-refractivity contribution in [1.82, 2.24) is 0 Å². The van der Waals surface area contributed by atoms with Crippen LogP contribution >= 0.6 is 12.6 Å². The van der Waals surface area contributed by atoms with Crippen molar-refractivity contribution in [1.29, 1.82) is 0 Å². The van der Waals surface area contributed by atoms with Crippen LogP contribution in [0.2, 0.25) is 0 Å². The number of anilines is 1. The number of ether oxygens (including phenoxy) is 2. The molecule has 1 aromatic rings. The molecule has 5 heteroatoms. The lowest BCUT2D eigenvalue weighted by molar-refractivity contribution is 0.169. The summed E-state index contributed by atoms with van der Waals surface area (Å²) in [6.45, 7) is 0.297. The van der Waals surface area contributed by atoms with Gasteiger partial charge in [-0.15, -0.1) is 0 Å². The second-order valence-corrected chi connectivity index (χ2v) is 3.16. The molecule has 15 heavy (non-hydrogen) atoms. The number of hydrogen-bond donors (Lipinski definition) is 2. The van der Waals surface area contributed by atoms with Crippen LogP contribution in [0.3, 0.4) is 0 Å². The number of rotatable bonds is 4. The van der Waals surface area contributed by atoms with Crippen molar-refractivity contribution in [2.75, 3.05) is 24.8 Å². The van der Waals surface area contributed by atoms with E-state index >= 15 is 0 Å². The maximum Gasteiger partial charge on any atom is 0.411 e. The van der Waals surface area contributed by atoms with Crippen LogP contribution in [0.15, 0.2) is 24.3 Å². The first-order valence-electron chi connectivity index (χ1n) is 4.45. The molecule has 0 radical (unpaired) electrons. The van der Waals surface area contributed by atoms with Gasteiger partial charge in [-0.3, -0.25) is 5.32 Å². The van der Waals surface area contributed by atoms with E-state index in [2.05, 4.69) is 17.9 Å². The monoisotopic (exact) mass is 227 g/mol.